The molecule has 1 unspecified atom stereocenters. The van der Waals surface area contributed by atoms with Gasteiger partial charge in [0.15, 0.2) is 0 Å². The van der Waals surface area contributed by atoms with Gasteiger partial charge >= 0.3 is 0 Å². The summed E-state index contributed by atoms with van der Waals surface area (Å²) in [7, 11) is 2.10. The second-order valence-corrected chi connectivity index (χ2v) is 5.65. The smallest absolute Gasteiger partial charge is 0.225 e. The number of aromatic nitrogens is 2. The van der Waals surface area contributed by atoms with Crippen LogP contribution in [-0.2, 0) is 6.54 Å². The van der Waals surface area contributed by atoms with Gasteiger partial charge in [0.2, 0.25) is 5.95 Å². The molecule has 106 valence electrons. The monoisotopic (exact) mass is 262 g/mol. The molecule has 1 aromatic heterocycles. The Morgan fingerprint density at radius 2 is 2.21 bits per heavy atom. The lowest BCUT2D eigenvalue weighted by atomic mass is 10.2. The van der Waals surface area contributed by atoms with Crippen molar-refractivity contribution >= 4 is 5.95 Å². The molecule has 0 saturated heterocycles. The fourth-order valence-electron chi connectivity index (χ4n) is 2.30. The highest BCUT2D eigenvalue weighted by Crippen LogP contribution is 2.35. The molecule has 0 spiro atoms. The van der Waals surface area contributed by atoms with Gasteiger partial charge in [0.05, 0.1) is 0 Å². The van der Waals surface area contributed by atoms with E-state index in [2.05, 4.69) is 48.0 Å². The summed E-state index contributed by atoms with van der Waals surface area (Å²) in [6, 6.07) is 0.545. The van der Waals surface area contributed by atoms with Gasteiger partial charge in [-0.25, -0.2) is 9.97 Å². The van der Waals surface area contributed by atoms with Crippen molar-refractivity contribution in [2.45, 2.75) is 52.6 Å². The van der Waals surface area contributed by atoms with Crippen molar-refractivity contribution in [3.8, 4) is 0 Å². The van der Waals surface area contributed by atoms with Gasteiger partial charge in [-0.2, -0.15) is 0 Å². The van der Waals surface area contributed by atoms with Gasteiger partial charge in [-0.15, -0.1) is 0 Å². The number of hydrogen-bond acceptors (Lipinski definition) is 4. The van der Waals surface area contributed by atoms with E-state index in [9.17, 15) is 0 Å². The summed E-state index contributed by atoms with van der Waals surface area (Å²) < 4.78 is 0. The number of nitrogens with zero attached hydrogens (tertiary/aromatic N) is 3. The zero-order chi connectivity index (χ0) is 13.8. The molecule has 0 radical (unpaired) electrons. The van der Waals surface area contributed by atoms with Crippen LogP contribution in [0.4, 0.5) is 5.95 Å². The quantitative estimate of drug-likeness (QED) is 0.767. The Bertz CT molecular complexity index is 415. The van der Waals surface area contributed by atoms with Crippen LogP contribution >= 0.6 is 0 Å². The lowest BCUT2D eigenvalue weighted by Crippen LogP contribution is -2.32. The van der Waals surface area contributed by atoms with E-state index in [0.29, 0.717) is 6.04 Å². The van der Waals surface area contributed by atoms with Crippen LogP contribution in [0, 0.1) is 12.8 Å². The predicted octanol–water partition coefficient (Wildman–Crippen LogP) is 2.52. The molecule has 1 aliphatic rings. The molecule has 0 bridgehead atoms. The Balaban J connectivity index is 2.00. The summed E-state index contributed by atoms with van der Waals surface area (Å²) in [4.78, 5) is 11.4. The summed E-state index contributed by atoms with van der Waals surface area (Å²) in [6.07, 6.45) is 5.82. The normalized spacial score (nSPS) is 16.4. The minimum absolute atomic E-state index is 0.545. The third-order valence-corrected chi connectivity index (χ3v) is 4.04. The molecule has 0 aromatic carbocycles. The van der Waals surface area contributed by atoms with E-state index in [1.54, 1.807) is 0 Å². The van der Waals surface area contributed by atoms with Gasteiger partial charge in [0.25, 0.3) is 0 Å². The molecule has 0 amide bonds. The number of aryl methyl sites for hydroxylation is 1. The Morgan fingerprint density at radius 3 is 2.79 bits per heavy atom. The molecule has 1 heterocycles. The van der Waals surface area contributed by atoms with E-state index in [4.69, 9.17) is 0 Å². The summed E-state index contributed by atoms with van der Waals surface area (Å²) in [5, 5.41) is 3.40. The highest BCUT2D eigenvalue weighted by molar-refractivity contribution is 5.33. The van der Waals surface area contributed by atoms with Crippen molar-refractivity contribution in [3.05, 3.63) is 17.5 Å². The average Bonchev–Trinajstić information content (AvgIpc) is 3.23. The lowest BCUT2D eigenvalue weighted by molar-refractivity contribution is 0.595. The molecule has 1 fully saturated rings. The second-order valence-electron chi connectivity index (χ2n) is 5.65. The highest BCUT2D eigenvalue weighted by Gasteiger charge is 2.31. The van der Waals surface area contributed by atoms with Crippen LogP contribution in [0.15, 0.2) is 6.20 Å². The largest absolute Gasteiger partial charge is 0.341 e. The fraction of sp³-hybridized carbons (Fsp3) is 0.733. The number of anilines is 1. The van der Waals surface area contributed by atoms with Gasteiger partial charge in [0.1, 0.15) is 0 Å². The molecule has 1 saturated carbocycles. The molecule has 1 aromatic rings. The van der Waals surface area contributed by atoms with Crippen LogP contribution in [0.5, 0.6) is 0 Å². The maximum Gasteiger partial charge on any atom is 0.225 e. The van der Waals surface area contributed by atoms with Crippen LogP contribution in [0.3, 0.4) is 0 Å². The van der Waals surface area contributed by atoms with E-state index in [1.165, 1.54) is 18.4 Å². The van der Waals surface area contributed by atoms with E-state index in [-0.39, 0.29) is 0 Å². The van der Waals surface area contributed by atoms with Gasteiger partial charge in [-0.05, 0) is 45.6 Å². The van der Waals surface area contributed by atoms with Gasteiger partial charge in [0, 0.05) is 37.1 Å². The van der Waals surface area contributed by atoms with Crippen molar-refractivity contribution in [1.82, 2.24) is 15.3 Å². The Hall–Kier alpha value is -1.16. The zero-order valence-electron chi connectivity index (χ0n) is 12.6. The molecule has 4 heteroatoms. The first kappa shape index (κ1) is 14.3. The minimum atomic E-state index is 0.545. The van der Waals surface area contributed by atoms with Crippen molar-refractivity contribution < 1.29 is 0 Å². The summed E-state index contributed by atoms with van der Waals surface area (Å²) in [6.45, 7) is 8.42. The predicted molar refractivity (Wildman–Crippen MR) is 79.4 cm³/mol. The molecular weight excluding hydrogens is 236 g/mol. The number of nitrogens with one attached hydrogen (secondary N) is 1. The fourth-order valence-corrected chi connectivity index (χ4v) is 2.30. The summed E-state index contributed by atoms with van der Waals surface area (Å²) in [5.41, 5.74) is 2.29. The van der Waals surface area contributed by atoms with Crippen molar-refractivity contribution in [2.24, 2.45) is 5.92 Å². The topological polar surface area (TPSA) is 41.1 Å². The van der Waals surface area contributed by atoms with Gasteiger partial charge < -0.3 is 10.2 Å². The van der Waals surface area contributed by atoms with E-state index in [0.717, 1.165) is 37.1 Å². The van der Waals surface area contributed by atoms with E-state index >= 15 is 0 Å². The first-order chi connectivity index (χ1) is 9.13. The number of rotatable bonds is 7. The maximum absolute atomic E-state index is 4.66. The summed E-state index contributed by atoms with van der Waals surface area (Å²) >= 11 is 0. The summed E-state index contributed by atoms with van der Waals surface area (Å²) in [5.74, 6) is 1.69. The zero-order valence-corrected chi connectivity index (χ0v) is 12.6. The maximum atomic E-state index is 4.66. The second kappa shape index (κ2) is 6.33. The van der Waals surface area contributed by atoms with Crippen molar-refractivity contribution in [3.63, 3.8) is 0 Å². The lowest BCUT2D eigenvalue weighted by Gasteiger charge is -2.25. The van der Waals surface area contributed by atoms with Crippen LogP contribution < -0.4 is 10.2 Å². The van der Waals surface area contributed by atoms with Gasteiger partial charge in [-0.1, -0.05) is 6.92 Å². The van der Waals surface area contributed by atoms with E-state index in [1.807, 2.05) is 6.20 Å². The average molecular weight is 262 g/mol. The molecule has 2 rings (SSSR count). The van der Waals surface area contributed by atoms with Crippen molar-refractivity contribution in [1.29, 1.82) is 0 Å². The third-order valence-electron chi connectivity index (χ3n) is 4.04. The number of hydrogen-bond donors (Lipinski definition) is 1. The standard InChI is InChI=1S/C15H26N4/c1-5-8-16-9-14-10-17-15(18-11(14)2)19(4)12(3)13-6-7-13/h10,12-13,16H,5-9H2,1-4H3. The molecule has 19 heavy (non-hydrogen) atoms. The first-order valence-electron chi connectivity index (χ1n) is 7.39. The third kappa shape index (κ3) is 3.66. The first-order valence-corrected chi connectivity index (χ1v) is 7.39. The molecule has 1 aliphatic carbocycles. The van der Waals surface area contributed by atoms with E-state index < -0.39 is 0 Å². The molecule has 4 nitrogen and oxygen atoms in total. The van der Waals surface area contributed by atoms with Crippen LogP contribution in [0.25, 0.3) is 0 Å². The molecule has 1 N–H and O–H groups in total. The van der Waals surface area contributed by atoms with Crippen LogP contribution in [-0.4, -0.2) is 29.6 Å². The van der Waals surface area contributed by atoms with Crippen molar-refractivity contribution in [2.75, 3.05) is 18.5 Å². The van der Waals surface area contributed by atoms with Crippen LogP contribution in [0.1, 0.15) is 44.4 Å². The Labute approximate surface area is 116 Å². The van der Waals surface area contributed by atoms with Gasteiger partial charge in [-0.3, -0.25) is 0 Å². The highest BCUT2D eigenvalue weighted by atomic mass is 15.3. The minimum Gasteiger partial charge on any atom is -0.341 e. The van der Waals surface area contributed by atoms with Crippen LogP contribution in [0.2, 0.25) is 0 Å². The SMILES string of the molecule is CCCNCc1cnc(N(C)C(C)C2CC2)nc1C. The Kier molecular flexibility index (Phi) is 4.75. The molecular formula is C15H26N4. The molecule has 1 atom stereocenters. The molecule has 0 aliphatic heterocycles. The Morgan fingerprint density at radius 1 is 1.47 bits per heavy atom.